The van der Waals surface area contributed by atoms with Gasteiger partial charge in [-0.2, -0.15) is 0 Å². The van der Waals surface area contributed by atoms with E-state index in [1.165, 1.54) is 0 Å². The van der Waals surface area contributed by atoms with Crippen molar-refractivity contribution in [2.24, 2.45) is 0 Å². The summed E-state index contributed by atoms with van der Waals surface area (Å²) < 4.78 is 29.2. The van der Waals surface area contributed by atoms with Gasteiger partial charge in [-0.15, -0.1) is 0 Å². The smallest absolute Gasteiger partial charge is 0.341 e. The lowest BCUT2D eigenvalue weighted by atomic mass is 10.2. The second-order valence-corrected chi connectivity index (χ2v) is 2.67. The van der Waals surface area contributed by atoms with E-state index in [1.54, 1.807) is 0 Å². The summed E-state index contributed by atoms with van der Waals surface area (Å²) in [6.45, 7) is 0. The van der Waals surface area contributed by atoms with Gasteiger partial charge in [-0.1, -0.05) is 0 Å². The zero-order chi connectivity index (χ0) is 12.3. The van der Waals surface area contributed by atoms with Gasteiger partial charge >= 0.3 is 5.69 Å². The fourth-order valence-electron chi connectivity index (χ4n) is 1.08. The zero-order valence-corrected chi connectivity index (χ0v) is 8.02. The number of carbonyl (C=O) groups excluding carboxylic acids is 1. The van der Waals surface area contributed by atoms with Crippen LogP contribution in [0.1, 0.15) is 22.5 Å². The van der Waals surface area contributed by atoms with Crippen LogP contribution in [0.2, 0.25) is 0 Å². The molecule has 1 aromatic heterocycles. The van der Waals surface area contributed by atoms with Crippen molar-refractivity contribution in [3.05, 3.63) is 27.4 Å². The summed E-state index contributed by atoms with van der Waals surface area (Å²) in [4.78, 5) is 23.5. The molecule has 1 aromatic rings. The van der Waals surface area contributed by atoms with Crippen LogP contribution in [0.15, 0.2) is 6.07 Å². The molecule has 0 amide bonds. The van der Waals surface area contributed by atoms with E-state index in [2.05, 4.69) is 9.72 Å². The van der Waals surface area contributed by atoms with Gasteiger partial charge in [0.1, 0.15) is 5.69 Å². The largest absolute Gasteiger partial charge is 0.476 e. The molecule has 0 N–H and O–H groups in total. The summed E-state index contributed by atoms with van der Waals surface area (Å²) >= 11 is 0. The molecule has 0 saturated carbocycles. The van der Waals surface area contributed by atoms with Crippen LogP contribution >= 0.6 is 0 Å². The summed E-state index contributed by atoms with van der Waals surface area (Å²) in [6.07, 6.45) is -2.83. The third-order valence-electron chi connectivity index (χ3n) is 1.74. The van der Waals surface area contributed by atoms with E-state index in [-0.39, 0.29) is 6.29 Å². The van der Waals surface area contributed by atoms with Crippen LogP contribution < -0.4 is 4.74 Å². The standard InChI is InChI=1S/C8H6F2N2O4/c1-16-8-6(12(14)15)4(3-13)2-5(11-8)7(9)10/h2-3,7H,1H3. The van der Waals surface area contributed by atoms with Crippen LogP contribution in [0.25, 0.3) is 0 Å². The molecule has 1 rings (SSSR count). The van der Waals surface area contributed by atoms with Crippen molar-refractivity contribution in [1.82, 2.24) is 4.98 Å². The molecule has 0 unspecified atom stereocenters. The summed E-state index contributed by atoms with van der Waals surface area (Å²) in [7, 11) is 1.04. The van der Waals surface area contributed by atoms with Gasteiger partial charge in [0.15, 0.2) is 6.29 Å². The molecule has 0 aliphatic heterocycles. The predicted molar refractivity (Wildman–Crippen MR) is 47.8 cm³/mol. The van der Waals surface area contributed by atoms with Crippen molar-refractivity contribution >= 4 is 12.0 Å². The molecule has 0 aliphatic rings. The fourth-order valence-corrected chi connectivity index (χ4v) is 1.08. The van der Waals surface area contributed by atoms with Crippen LogP contribution in [-0.4, -0.2) is 23.3 Å². The molecule has 0 saturated heterocycles. The van der Waals surface area contributed by atoms with E-state index in [0.717, 1.165) is 7.11 Å². The number of aromatic nitrogens is 1. The highest BCUT2D eigenvalue weighted by Gasteiger charge is 2.25. The van der Waals surface area contributed by atoms with Crippen molar-refractivity contribution in [2.45, 2.75) is 6.43 Å². The highest BCUT2D eigenvalue weighted by atomic mass is 19.3. The van der Waals surface area contributed by atoms with Gasteiger partial charge in [0.2, 0.25) is 0 Å². The summed E-state index contributed by atoms with van der Waals surface area (Å²) in [5.74, 6) is -0.607. The van der Waals surface area contributed by atoms with Crippen molar-refractivity contribution < 1.29 is 23.2 Å². The average Bonchev–Trinajstić information content (AvgIpc) is 2.26. The zero-order valence-electron chi connectivity index (χ0n) is 8.02. The molecule has 0 aromatic carbocycles. The number of nitro groups is 1. The second kappa shape index (κ2) is 4.60. The maximum atomic E-state index is 12.3. The van der Waals surface area contributed by atoms with Gasteiger partial charge in [-0.05, 0) is 6.07 Å². The maximum Gasteiger partial charge on any atom is 0.341 e. The lowest BCUT2D eigenvalue weighted by Crippen LogP contribution is -2.03. The highest BCUT2D eigenvalue weighted by Crippen LogP contribution is 2.31. The molecule has 0 bridgehead atoms. The van der Waals surface area contributed by atoms with Crippen LogP contribution in [0, 0.1) is 10.1 Å². The van der Waals surface area contributed by atoms with Crippen molar-refractivity contribution in [3.63, 3.8) is 0 Å². The van der Waals surface area contributed by atoms with Crippen LogP contribution in [0.5, 0.6) is 5.88 Å². The number of nitrogens with zero attached hydrogens (tertiary/aromatic N) is 2. The number of methoxy groups -OCH3 is 1. The number of carbonyl (C=O) groups is 1. The lowest BCUT2D eigenvalue weighted by molar-refractivity contribution is -0.386. The Morgan fingerprint density at radius 2 is 2.25 bits per heavy atom. The molecule has 86 valence electrons. The Bertz CT molecular complexity index is 436. The summed E-state index contributed by atoms with van der Waals surface area (Å²) in [5, 5.41) is 10.6. The van der Waals surface area contributed by atoms with Gasteiger partial charge in [0.25, 0.3) is 12.3 Å². The van der Waals surface area contributed by atoms with Gasteiger partial charge in [0.05, 0.1) is 17.6 Å². The maximum absolute atomic E-state index is 12.3. The number of ether oxygens (including phenoxy) is 1. The average molecular weight is 232 g/mol. The molecule has 16 heavy (non-hydrogen) atoms. The van der Waals surface area contributed by atoms with Crippen LogP contribution in [-0.2, 0) is 0 Å². The Balaban J connectivity index is 3.49. The van der Waals surface area contributed by atoms with Gasteiger partial charge in [-0.25, -0.2) is 13.8 Å². The first-order valence-electron chi connectivity index (χ1n) is 3.98. The number of hydrogen-bond acceptors (Lipinski definition) is 5. The summed E-state index contributed by atoms with van der Waals surface area (Å²) in [5.41, 5.74) is -1.96. The first-order chi connectivity index (χ1) is 7.51. The second-order valence-electron chi connectivity index (χ2n) is 2.67. The number of halogens is 2. The van der Waals surface area contributed by atoms with E-state index >= 15 is 0 Å². The minimum Gasteiger partial charge on any atom is -0.476 e. The Morgan fingerprint density at radius 1 is 1.62 bits per heavy atom. The van der Waals surface area contributed by atoms with Crippen molar-refractivity contribution in [1.29, 1.82) is 0 Å². The third kappa shape index (κ3) is 2.10. The van der Waals surface area contributed by atoms with Gasteiger partial charge in [0, 0.05) is 0 Å². The van der Waals surface area contributed by atoms with Crippen molar-refractivity contribution in [2.75, 3.05) is 7.11 Å². The first-order valence-corrected chi connectivity index (χ1v) is 3.98. The minimum atomic E-state index is -2.94. The number of rotatable bonds is 4. The Morgan fingerprint density at radius 3 is 2.62 bits per heavy atom. The fraction of sp³-hybridized carbons (Fsp3) is 0.250. The number of pyridine rings is 1. The Hall–Kier alpha value is -2.12. The predicted octanol–water partition coefficient (Wildman–Crippen LogP) is 1.75. The molecular weight excluding hydrogens is 226 g/mol. The van der Waals surface area contributed by atoms with E-state index in [0.29, 0.717) is 6.07 Å². The molecule has 8 heteroatoms. The minimum absolute atomic E-state index is 0.105. The van der Waals surface area contributed by atoms with Gasteiger partial charge in [-0.3, -0.25) is 14.9 Å². The number of hydrogen-bond donors (Lipinski definition) is 0. The van der Waals surface area contributed by atoms with E-state index < -0.39 is 34.2 Å². The monoisotopic (exact) mass is 232 g/mol. The Labute approximate surface area is 88.0 Å². The third-order valence-corrected chi connectivity index (χ3v) is 1.74. The SMILES string of the molecule is COc1nc(C(F)F)cc(C=O)c1[N+](=O)[O-]. The van der Waals surface area contributed by atoms with E-state index in [1.807, 2.05) is 0 Å². The van der Waals surface area contributed by atoms with E-state index in [4.69, 9.17) is 0 Å². The van der Waals surface area contributed by atoms with E-state index in [9.17, 15) is 23.7 Å². The number of alkyl halides is 2. The lowest BCUT2D eigenvalue weighted by Gasteiger charge is -2.05. The highest BCUT2D eigenvalue weighted by molar-refractivity contribution is 5.83. The Kier molecular flexibility index (Phi) is 3.44. The molecular formula is C8H6F2N2O4. The molecule has 0 fully saturated rings. The molecule has 0 radical (unpaired) electrons. The summed E-state index contributed by atoms with van der Waals surface area (Å²) in [6, 6.07) is 0.665. The molecule has 0 atom stereocenters. The van der Waals surface area contributed by atoms with Crippen LogP contribution in [0.3, 0.4) is 0 Å². The quantitative estimate of drug-likeness (QED) is 0.448. The molecule has 0 aliphatic carbocycles. The topological polar surface area (TPSA) is 82.3 Å². The first kappa shape index (κ1) is 12.0. The molecule has 1 heterocycles. The van der Waals surface area contributed by atoms with Gasteiger partial charge < -0.3 is 4.74 Å². The van der Waals surface area contributed by atoms with Crippen molar-refractivity contribution in [3.8, 4) is 5.88 Å². The normalized spacial score (nSPS) is 10.2. The molecule has 6 nitrogen and oxygen atoms in total. The molecule has 0 spiro atoms. The van der Waals surface area contributed by atoms with Crippen LogP contribution in [0.4, 0.5) is 14.5 Å². The number of aldehydes is 1.